The maximum Gasteiger partial charge on any atom is 0.208 e. The summed E-state index contributed by atoms with van der Waals surface area (Å²) in [4.78, 5) is 4.25. The highest BCUT2D eigenvalue weighted by Gasteiger charge is 2.15. The molecule has 5 nitrogen and oxygen atoms in total. The van der Waals surface area contributed by atoms with Crippen molar-refractivity contribution in [1.82, 2.24) is 14.8 Å². The molecule has 15 heavy (non-hydrogen) atoms. The van der Waals surface area contributed by atoms with Gasteiger partial charge in [0.1, 0.15) is 11.3 Å². The van der Waals surface area contributed by atoms with Gasteiger partial charge in [-0.2, -0.15) is 0 Å². The van der Waals surface area contributed by atoms with Crippen molar-refractivity contribution in [2.45, 2.75) is 31.9 Å². The summed E-state index contributed by atoms with van der Waals surface area (Å²) < 4.78 is 7.34. The van der Waals surface area contributed by atoms with Gasteiger partial charge >= 0.3 is 0 Å². The summed E-state index contributed by atoms with van der Waals surface area (Å²) in [5.41, 5.74) is 5.42. The van der Waals surface area contributed by atoms with Gasteiger partial charge in [-0.15, -0.1) is 5.10 Å². The van der Waals surface area contributed by atoms with E-state index < -0.39 is 0 Å². The lowest BCUT2D eigenvalue weighted by Gasteiger charge is -2.21. The Labute approximate surface area is 93.6 Å². The largest absolute Gasteiger partial charge is 0.387 e. The molecule has 2 N–H and O–H groups in total. The van der Waals surface area contributed by atoms with Crippen molar-refractivity contribution in [2.75, 3.05) is 6.61 Å². The van der Waals surface area contributed by atoms with E-state index in [1.54, 1.807) is 11.0 Å². The topological polar surface area (TPSA) is 66.0 Å². The number of thiocarbonyl (C=S) groups is 1. The summed E-state index contributed by atoms with van der Waals surface area (Å²) in [5, 5.41) is 4.16. The first-order chi connectivity index (χ1) is 7.25. The first-order valence-corrected chi connectivity index (χ1v) is 5.47. The zero-order valence-electron chi connectivity index (χ0n) is 8.43. The highest BCUT2D eigenvalue weighted by Crippen LogP contribution is 2.13. The Balaban J connectivity index is 1.94. The molecule has 0 bridgehead atoms. The lowest BCUT2D eigenvalue weighted by atomic mass is 10.1. The van der Waals surface area contributed by atoms with Crippen LogP contribution in [0.2, 0.25) is 0 Å². The second kappa shape index (κ2) is 4.67. The molecular weight excluding hydrogens is 212 g/mol. The summed E-state index contributed by atoms with van der Waals surface area (Å²) in [6.45, 7) is 1.58. The highest BCUT2D eigenvalue weighted by molar-refractivity contribution is 7.80. The van der Waals surface area contributed by atoms with E-state index >= 15 is 0 Å². The van der Waals surface area contributed by atoms with Gasteiger partial charge in [-0.1, -0.05) is 12.2 Å². The van der Waals surface area contributed by atoms with Crippen molar-refractivity contribution in [1.29, 1.82) is 0 Å². The van der Waals surface area contributed by atoms with Crippen LogP contribution in [0, 0.1) is 0 Å². The Morgan fingerprint density at radius 3 is 3.13 bits per heavy atom. The van der Waals surface area contributed by atoms with Crippen LogP contribution in [0.15, 0.2) is 6.33 Å². The zero-order chi connectivity index (χ0) is 10.7. The number of ether oxygens (including phenoxy) is 1. The molecule has 82 valence electrons. The minimum atomic E-state index is 0.235. The van der Waals surface area contributed by atoms with Gasteiger partial charge in [-0.05, 0) is 19.3 Å². The fourth-order valence-electron chi connectivity index (χ4n) is 1.66. The minimum absolute atomic E-state index is 0.235. The Kier molecular flexibility index (Phi) is 3.27. The van der Waals surface area contributed by atoms with Crippen LogP contribution < -0.4 is 5.73 Å². The lowest BCUT2D eigenvalue weighted by Crippen LogP contribution is -2.25. The number of nitrogens with two attached hydrogens (primary N) is 1. The van der Waals surface area contributed by atoms with E-state index in [2.05, 4.69) is 10.1 Å². The monoisotopic (exact) mass is 226 g/mol. The van der Waals surface area contributed by atoms with Gasteiger partial charge in [0.25, 0.3) is 0 Å². The maximum atomic E-state index is 5.60. The lowest BCUT2D eigenvalue weighted by molar-refractivity contribution is 0.00393. The summed E-state index contributed by atoms with van der Waals surface area (Å²) >= 11 is 4.79. The molecule has 1 aromatic heterocycles. The molecule has 0 radical (unpaired) electrons. The molecule has 0 aromatic carbocycles. The van der Waals surface area contributed by atoms with E-state index in [4.69, 9.17) is 22.7 Å². The van der Waals surface area contributed by atoms with Crippen molar-refractivity contribution in [3.05, 3.63) is 12.2 Å². The van der Waals surface area contributed by atoms with Crippen LogP contribution in [-0.4, -0.2) is 32.5 Å². The molecule has 6 heteroatoms. The van der Waals surface area contributed by atoms with Crippen molar-refractivity contribution >= 4 is 17.2 Å². The van der Waals surface area contributed by atoms with E-state index in [1.807, 2.05) is 0 Å². The summed E-state index contributed by atoms with van der Waals surface area (Å²) in [5.74, 6) is 0.431. The number of aromatic nitrogens is 3. The van der Waals surface area contributed by atoms with Crippen LogP contribution in [0.4, 0.5) is 0 Å². The fraction of sp³-hybridized carbons (Fsp3) is 0.667. The third kappa shape index (κ3) is 2.73. The first kappa shape index (κ1) is 10.5. The molecule has 0 saturated carbocycles. The van der Waals surface area contributed by atoms with Crippen LogP contribution in [0.3, 0.4) is 0 Å². The molecule has 1 unspecified atom stereocenters. The normalized spacial score (nSPS) is 21.5. The number of rotatable bonds is 3. The summed E-state index contributed by atoms with van der Waals surface area (Å²) in [6.07, 6.45) is 5.36. The molecular formula is C9H14N4OS. The fourth-order valence-corrected chi connectivity index (χ4v) is 1.75. The van der Waals surface area contributed by atoms with Crippen molar-refractivity contribution < 1.29 is 4.74 Å². The van der Waals surface area contributed by atoms with Crippen LogP contribution in [0.25, 0.3) is 0 Å². The SMILES string of the molecule is NC(=S)c1ncn(CC2CCCCO2)n1. The average molecular weight is 226 g/mol. The zero-order valence-corrected chi connectivity index (χ0v) is 9.24. The Morgan fingerprint density at radius 2 is 2.53 bits per heavy atom. The van der Waals surface area contributed by atoms with Crippen LogP contribution in [0.5, 0.6) is 0 Å². The number of hydrogen-bond donors (Lipinski definition) is 1. The molecule has 0 spiro atoms. The quantitative estimate of drug-likeness (QED) is 0.759. The van der Waals surface area contributed by atoms with E-state index in [9.17, 15) is 0 Å². The minimum Gasteiger partial charge on any atom is -0.387 e. The van der Waals surface area contributed by atoms with Crippen LogP contribution in [-0.2, 0) is 11.3 Å². The third-order valence-corrected chi connectivity index (χ3v) is 2.60. The number of nitrogens with zero attached hydrogens (tertiary/aromatic N) is 3. The van der Waals surface area contributed by atoms with E-state index in [1.165, 1.54) is 6.42 Å². The summed E-state index contributed by atoms with van der Waals surface area (Å²) in [7, 11) is 0. The van der Waals surface area contributed by atoms with Gasteiger partial charge in [-0.3, -0.25) is 0 Å². The van der Waals surface area contributed by atoms with Crippen molar-refractivity contribution in [3.8, 4) is 0 Å². The average Bonchev–Trinajstić information content (AvgIpc) is 2.68. The van der Waals surface area contributed by atoms with Crippen LogP contribution in [0.1, 0.15) is 25.1 Å². The first-order valence-electron chi connectivity index (χ1n) is 5.06. The van der Waals surface area contributed by atoms with Crippen LogP contribution >= 0.6 is 12.2 Å². The molecule has 1 atom stereocenters. The van der Waals surface area contributed by atoms with E-state index in [0.29, 0.717) is 5.82 Å². The molecule has 1 aromatic rings. The van der Waals surface area contributed by atoms with Gasteiger partial charge in [0.2, 0.25) is 5.82 Å². The molecule has 1 aliphatic heterocycles. The predicted molar refractivity (Wildman–Crippen MR) is 59.5 cm³/mol. The number of hydrogen-bond acceptors (Lipinski definition) is 4. The standard InChI is InChI=1S/C9H14N4OS/c10-8(15)9-11-6-13(12-9)5-7-3-1-2-4-14-7/h6-7H,1-5H2,(H2,10,15). The van der Waals surface area contributed by atoms with Gasteiger partial charge in [0, 0.05) is 6.61 Å². The second-order valence-electron chi connectivity index (χ2n) is 3.64. The molecule has 0 amide bonds. The Bertz CT molecular complexity index is 346. The molecule has 1 aliphatic rings. The van der Waals surface area contributed by atoms with Crippen molar-refractivity contribution in [3.63, 3.8) is 0 Å². The molecule has 1 saturated heterocycles. The predicted octanol–water partition coefficient (Wildman–Crippen LogP) is 0.481. The van der Waals surface area contributed by atoms with Gasteiger partial charge < -0.3 is 10.5 Å². The third-order valence-electron chi connectivity index (χ3n) is 2.42. The Morgan fingerprint density at radius 1 is 1.67 bits per heavy atom. The molecule has 2 rings (SSSR count). The van der Waals surface area contributed by atoms with Gasteiger partial charge in [-0.25, -0.2) is 9.67 Å². The van der Waals surface area contributed by atoms with Gasteiger partial charge in [0.15, 0.2) is 0 Å². The molecule has 1 fully saturated rings. The van der Waals surface area contributed by atoms with E-state index in [0.717, 1.165) is 26.0 Å². The second-order valence-corrected chi connectivity index (χ2v) is 4.08. The summed E-state index contributed by atoms with van der Waals surface area (Å²) in [6, 6.07) is 0. The van der Waals surface area contributed by atoms with E-state index in [-0.39, 0.29) is 11.1 Å². The Hall–Kier alpha value is -1.01. The molecule has 2 heterocycles. The highest BCUT2D eigenvalue weighted by atomic mass is 32.1. The van der Waals surface area contributed by atoms with Gasteiger partial charge in [0.05, 0.1) is 12.6 Å². The maximum absolute atomic E-state index is 5.60. The molecule has 0 aliphatic carbocycles. The smallest absolute Gasteiger partial charge is 0.208 e. The van der Waals surface area contributed by atoms with Crippen molar-refractivity contribution in [2.24, 2.45) is 5.73 Å².